The van der Waals surface area contributed by atoms with E-state index in [9.17, 15) is 4.79 Å². The Hall–Kier alpha value is -1.92. The summed E-state index contributed by atoms with van der Waals surface area (Å²) in [5.74, 6) is 0.914. The summed E-state index contributed by atoms with van der Waals surface area (Å²) in [4.78, 5) is 12.6. The zero-order valence-corrected chi connectivity index (χ0v) is 16.6. The van der Waals surface area contributed by atoms with Gasteiger partial charge in [0, 0.05) is 29.0 Å². The highest BCUT2D eigenvalue weighted by molar-refractivity contribution is 7.96. The standard InChI is InChI=1S/C21H25NO4S/c1-24-20-18(14-10-11-26-12-14)9-6-15(19(20)21(23)25-2)13-27-22-16-4-3-5-17(22)8-7-16/h6,9-12,16-17H,3-5,7-8,13H2,1-2H3. The first-order valence-electron chi connectivity index (χ1n) is 9.45. The quantitative estimate of drug-likeness (QED) is 0.519. The molecular formula is C21H25NO4S. The normalized spacial score (nSPS) is 22.0. The van der Waals surface area contributed by atoms with Crippen LogP contribution in [0, 0.1) is 0 Å². The molecule has 0 radical (unpaired) electrons. The van der Waals surface area contributed by atoms with Crippen LogP contribution in [0.3, 0.4) is 0 Å². The van der Waals surface area contributed by atoms with Gasteiger partial charge in [0.2, 0.25) is 0 Å². The van der Waals surface area contributed by atoms with Crippen LogP contribution in [-0.4, -0.2) is 36.6 Å². The van der Waals surface area contributed by atoms with Gasteiger partial charge in [-0.25, -0.2) is 9.10 Å². The summed E-state index contributed by atoms with van der Waals surface area (Å²) >= 11 is 1.85. The van der Waals surface area contributed by atoms with Crippen molar-refractivity contribution in [3.63, 3.8) is 0 Å². The molecule has 0 saturated carbocycles. The zero-order valence-electron chi connectivity index (χ0n) is 15.8. The fourth-order valence-electron chi connectivity index (χ4n) is 4.35. The van der Waals surface area contributed by atoms with Crippen LogP contribution < -0.4 is 4.74 Å². The molecule has 144 valence electrons. The molecule has 0 spiro atoms. The van der Waals surface area contributed by atoms with E-state index in [1.807, 2.05) is 30.1 Å². The number of carbonyl (C=O) groups excluding carboxylic acids is 1. The number of furan rings is 1. The fourth-order valence-corrected chi connectivity index (χ4v) is 5.72. The van der Waals surface area contributed by atoms with E-state index in [1.165, 1.54) is 39.2 Å². The summed E-state index contributed by atoms with van der Waals surface area (Å²) in [6.45, 7) is 0. The van der Waals surface area contributed by atoms with Crippen molar-refractivity contribution in [1.29, 1.82) is 0 Å². The van der Waals surface area contributed by atoms with Crippen LogP contribution in [0.5, 0.6) is 5.75 Å². The molecule has 0 N–H and O–H groups in total. The van der Waals surface area contributed by atoms with Crippen LogP contribution >= 0.6 is 11.9 Å². The van der Waals surface area contributed by atoms with Gasteiger partial charge in [-0.05, 0) is 37.3 Å². The maximum atomic E-state index is 12.6. The molecule has 1 aromatic carbocycles. The third kappa shape index (κ3) is 3.48. The Balaban J connectivity index is 1.64. The summed E-state index contributed by atoms with van der Waals surface area (Å²) in [5, 5.41) is 0. The van der Waals surface area contributed by atoms with Gasteiger partial charge < -0.3 is 13.9 Å². The van der Waals surface area contributed by atoms with Crippen molar-refractivity contribution in [1.82, 2.24) is 4.31 Å². The molecule has 0 amide bonds. The Morgan fingerprint density at radius 2 is 1.96 bits per heavy atom. The van der Waals surface area contributed by atoms with E-state index in [2.05, 4.69) is 4.31 Å². The second-order valence-electron chi connectivity index (χ2n) is 7.13. The molecule has 0 aliphatic carbocycles. The summed E-state index contributed by atoms with van der Waals surface area (Å²) in [6, 6.07) is 7.23. The molecule has 27 heavy (non-hydrogen) atoms. The van der Waals surface area contributed by atoms with Crippen molar-refractivity contribution >= 4 is 17.9 Å². The number of nitrogens with zero attached hydrogens (tertiary/aromatic N) is 1. The number of hydrogen-bond acceptors (Lipinski definition) is 6. The molecule has 5 nitrogen and oxygen atoms in total. The Morgan fingerprint density at radius 1 is 1.19 bits per heavy atom. The molecule has 2 saturated heterocycles. The number of ether oxygens (including phenoxy) is 2. The summed E-state index contributed by atoms with van der Waals surface area (Å²) in [6.07, 6.45) is 9.77. The summed E-state index contributed by atoms with van der Waals surface area (Å²) in [5.41, 5.74) is 3.17. The van der Waals surface area contributed by atoms with Gasteiger partial charge in [-0.1, -0.05) is 30.5 Å². The van der Waals surface area contributed by atoms with E-state index in [0.29, 0.717) is 23.4 Å². The second-order valence-corrected chi connectivity index (χ2v) is 8.10. The van der Waals surface area contributed by atoms with E-state index < -0.39 is 0 Å². The number of hydrogen-bond donors (Lipinski definition) is 0. The van der Waals surface area contributed by atoms with Crippen molar-refractivity contribution < 1.29 is 18.7 Å². The van der Waals surface area contributed by atoms with Gasteiger partial charge in [0.15, 0.2) is 0 Å². The average molecular weight is 388 g/mol. The lowest BCUT2D eigenvalue weighted by Gasteiger charge is -2.33. The number of esters is 1. The largest absolute Gasteiger partial charge is 0.495 e. The minimum Gasteiger partial charge on any atom is -0.495 e. The van der Waals surface area contributed by atoms with Gasteiger partial charge in [0.1, 0.15) is 11.3 Å². The van der Waals surface area contributed by atoms with E-state index >= 15 is 0 Å². The van der Waals surface area contributed by atoms with Crippen molar-refractivity contribution in [2.45, 2.75) is 49.9 Å². The Morgan fingerprint density at radius 3 is 2.59 bits per heavy atom. The van der Waals surface area contributed by atoms with E-state index in [4.69, 9.17) is 13.9 Å². The van der Waals surface area contributed by atoms with E-state index in [0.717, 1.165) is 22.4 Å². The summed E-state index contributed by atoms with van der Waals surface area (Å²) in [7, 11) is 3.00. The maximum absolute atomic E-state index is 12.6. The molecule has 6 heteroatoms. The number of piperidine rings is 1. The third-order valence-electron chi connectivity index (χ3n) is 5.67. The smallest absolute Gasteiger partial charge is 0.341 e. The van der Waals surface area contributed by atoms with Crippen LogP contribution in [0.2, 0.25) is 0 Å². The number of carbonyl (C=O) groups is 1. The van der Waals surface area contributed by atoms with Crippen LogP contribution in [-0.2, 0) is 10.5 Å². The molecule has 3 heterocycles. The lowest BCUT2D eigenvalue weighted by Crippen LogP contribution is -2.34. The van der Waals surface area contributed by atoms with E-state index in [1.54, 1.807) is 19.6 Å². The first-order valence-corrected chi connectivity index (χ1v) is 10.4. The molecule has 2 aliphatic heterocycles. The molecule has 2 aliphatic rings. The van der Waals surface area contributed by atoms with Gasteiger partial charge in [0.05, 0.1) is 26.7 Å². The highest BCUT2D eigenvalue weighted by atomic mass is 32.2. The monoisotopic (exact) mass is 387 g/mol. The highest BCUT2D eigenvalue weighted by Crippen LogP contribution is 2.42. The van der Waals surface area contributed by atoms with Gasteiger partial charge >= 0.3 is 5.97 Å². The highest BCUT2D eigenvalue weighted by Gasteiger charge is 2.37. The van der Waals surface area contributed by atoms with Crippen LogP contribution in [0.25, 0.3) is 11.1 Å². The SMILES string of the molecule is COC(=O)c1c(CSN2C3CCCC2CC3)ccc(-c2ccoc2)c1OC. The topological polar surface area (TPSA) is 51.9 Å². The number of fused-ring (bicyclic) bond motifs is 2. The maximum Gasteiger partial charge on any atom is 0.341 e. The van der Waals surface area contributed by atoms with Crippen LogP contribution in [0.4, 0.5) is 0 Å². The first kappa shape index (κ1) is 18.4. The lowest BCUT2D eigenvalue weighted by molar-refractivity contribution is 0.0596. The first-order chi connectivity index (χ1) is 13.2. The van der Waals surface area contributed by atoms with Crippen LogP contribution in [0.1, 0.15) is 48.0 Å². The minimum absolute atomic E-state index is 0.366. The average Bonchev–Trinajstić information content (AvgIpc) is 3.30. The number of rotatable bonds is 6. The van der Waals surface area contributed by atoms with Crippen LogP contribution in [0.15, 0.2) is 35.1 Å². The molecule has 1 aromatic heterocycles. The molecular weight excluding hydrogens is 362 g/mol. The van der Waals surface area contributed by atoms with E-state index in [-0.39, 0.29) is 5.97 Å². The van der Waals surface area contributed by atoms with Crippen molar-refractivity contribution in [2.75, 3.05) is 14.2 Å². The van der Waals surface area contributed by atoms with Gasteiger partial charge in [-0.15, -0.1) is 0 Å². The predicted molar refractivity (Wildman–Crippen MR) is 106 cm³/mol. The molecule has 2 atom stereocenters. The predicted octanol–water partition coefficient (Wildman–Crippen LogP) is 4.91. The summed E-state index contributed by atoms with van der Waals surface area (Å²) < 4.78 is 18.5. The molecule has 4 rings (SSSR count). The Labute approximate surface area is 164 Å². The lowest BCUT2D eigenvalue weighted by atomic mass is 9.99. The third-order valence-corrected chi connectivity index (χ3v) is 7.00. The number of methoxy groups -OCH3 is 2. The molecule has 2 unspecified atom stereocenters. The Kier molecular flexibility index (Phi) is 5.45. The van der Waals surface area contributed by atoms with Gasteiger partial charge in [-0.3, -0.25) is 0 Å². The second kappa shape index (κ2) is 7.98. The fraction of sp³-hybridized carbons (Fsp3) is 0.476. The Bertz CT molecular complexity index is 789. The van der Waals surface area contributed by atoms with Crippen molar-refractivity contribution in [3.05, 3.63) is 41.9 Å². The molecule has 2 bridgehead atoms. The zero-order chi connectivity index (χ0) is 18.8. The van der Waals surface area contributed by atoms with Gasteiger partial charge in [-0.2, -0.15) is 0 Å². The molecule has 2 fully saturated rings. The van der Waals surface area contributed by atoms with Crippen molar-refractivity contribution in [2.24, 2.45) is 0 Å². The van der Waals surface area contributed by atoms with Gasteiger partial charge in [0.25, 0.3) is 0 Å². The number of benzene rings is 1. The minimum atomic E-state index is -0.366. The van der Waals surface area contributed by atoms with Crippen molar-refractivity contribution in [3.8, 4) is 16.9 Å². The molecule has 2 aromatic rings.